The summed E-state index contributed by atoms with van der Waals surface area (Å²) in [5.41, 5.74) is 0.471. The fraction of sp³-hybridized carbons (Fsp3) is 0.708. The van der Waals surface area contributed by atoms with Crippen LogP contribution in [0.3, 0.4) is 0 Å². The van der Waals surface area contributed by atoms with Crippen molar-refractivity contribution in [2.75, 3.05) is 13.2 Å². The number of rotatable bonds is 4. The molecule has 7 nitrogen and oxygen atoms in total. The van der Waals surface area contributed by atoms with Crippen LogP contribution in [0.2, 0.25) is 0 Å². The van der Waals surface area contributed by atoms with E-state index in [1.807, 2.05) is 6.92 Å². The highest BCUT2D eigenvalue weighted by Crippen LogP contribution is 2.66. The van der Waals surface area contributed by atoms with Crippen LogP contribution in [0, 0.1) is 22.7 Å². The monoisotopic (exact) mass is 432 g/mol. The molecule has 3 aliphatic carbocycles. The minimum atomic E-state index is -0.947. The average molecular weight is 433 g/mol. The first kappa shape index (κ1) is 22.1. The number of aliphatic hydroxyl groups is 1. The van der Waals surface area contributed by atoms with Gasteiger partial charge in [-0.15, -0.1) is 0 Å². The van der Waals surface area contributed by atoms with Crippen molar-refractivity contribution in [1.29, 1.82) is 0 Å². The van der Waals surface area contributed by atoms with Crippen molar-refractivity contribution < 1.29 is 33.4 Å². The van der Waals surface area contributed by atoms with Crippen LogP contribution in [0.25, 0.3) is 0 Å². The molecule has 6 atom stereocenters. The normalized spacial score (nSPS) is 39.1. The summed E-state index contributed by atoms with van der Waals surface area (Å²) in [5, 5.41) is 10.6. The number of Topliss-reactive ketones (excluding diaryl/α,β-unsaturated/α-hetero) is 1. The number of ketones is 1. The molecule has 1 heterocycles. The molecule has 0 aromatic carbocycles. The van der Waals surface area contributed by atoms with Gasteiger partial charge in [0.15, 0.2) is 11.9 Å². The van der Waals surface area contributed by atoms with Crippen LogP contribution < -0.4 is 0 Å². The molecular formula is C24H32O7. The molecule has 1 aromatic heterocycles. The van der Waals surface area contributed by atoms with E-state index in [-0.39, 0.29) is 37.3 Å². The highest BCUT2D eigenvalue weighted by molar-refractivity contribution is 5.88. The Kier molecular flexibility index (Phi) is 5.31. The Morgan fingerprint density at radius 2 is 1.90 bits per heavy atom. The topological polar surface area (TPSA) is 103 Å². The van der Waals surface area contributed by atoms with Crippen molar-refractivity contribution in [3.05, 3.63) is 23.7 Å². The average Bonchev–Trinajstić information content (AvgIpc) is 3.19. The van der Waals surface area contributed by atoms with Crippen LogP contribution in [0.1, 0.15) is 64.5 Å². The number of aliphatic hydroxyl groups excluding tert-OH is 1. The first-order valence-electron chi connectivity index (χ1n) is 11.1. The second-order valence-corrected chi connectivity index (χ2v) is 10.2. The number of furan rings is 1. The molecule has 4 rings (SSSR count). The van der Waals surface area contributed by atoms with Gasteiger partial charge in [0.1, 0.15) is 6.61 Å². The Morgan fingerprint density at radius 1 is 1.16 bits per heavy atom. The SMILES string of the molecule is CC(=O)OCC1(C)C(OC(C)=O)C(=O)CC2(C)C3CCc4cocc4C3(CO)CCC12. The predicted octanol–water partition coefficient (Wildman–Crippen LogP) is 2.96. The summed E-state index contributed by atoms with van der Waals surface area (Å²) in [6, 6.07) is 0. The van der Waals surface area contributed by atoms with Crippen molar-refractivity contribution >= 4 is 17.7 Å². The Morgan fingerprint density at radius 3 is 2.55 bits per heavy atom. The second kappa shape index (κ2) is 7.47. The minimum absolute atomic E-state index is 0.00522. The third-order valence-electron chi connectivity index (χ3n) is 8.51. The molecular weight excluding hydrogens is 400 g/mol. The lowest BCUT2D eigenvalue weighted by molar-refractivity contribution is -0.206. The van der Waals surface area contributed by atoms with Gasteiger partial charge in [-0.25, -0.2) is 0 Å². The molecule has 0 saturated heterocycles. The van der Waals surface area contributed by atoms with Crippen molar-refractivity contribution in [1.82, 2.24) is 0 Å². The molecule has 0 bridgehead atoms. The fourth-order valence-corrected chi connectivity index (χ4v) is 7.38. The van der Waals surface area contributed by atoms with Gasteiger partial charge in [-0.05, 0) is 48.5 Å². The highest BCUT2D eigenvalue weighted by Gasteiger charge is 2.67. The van der Waals surface area contributed by atoms with E-state index in [1.54, 1.807) is 12.5 Å². The van der Waals surface area contributed by atoms with Gasteiger partial charge in [0.25, 0.3) is 0 Å². The van der Waals surface area contributed by atoms with E-state index in [0.29, 0.717) is 0 Å². The molecule has 0 radical (unpaired) electrons. The van der Waals surface area contributed by atoms with Crippen LogP contribution >= 0.6 is 0 Å². The van der Waals surface area contributed by atoms with Gasteiger partial charge in [0, 0.05) is 36.7 Å². The van der Waals surface area contributed by atoms with E-state index in [0.717, 1.165) is 36.8 Å². The molecule has 0 spiro atoms. The van der Waals surface area contributed by atoms with Crippen molar-refractivity contribution in [3.63, 3.8) is 0 Å². The Labute approximate surface area is 182 Å². The Balaban J connectivity index is 1.80. The fourth-order valence-electron chi connectivity index (χ4n) is 7.38. The number of carbonyl (C=O) groups excluding carboxylic acids is 3. The maximum Gasteiger partial charge on any atom is 0.303 e. The van der Waals surface area contributed by atoms with Gasteiger partial charge in [0.2, 0.25) is 0 Å². The molecule has 31 heavy (non-hydrogen) atoms. The maximum atomic E-state index is 13.4. The molecule has 2 fully saturated rings. The van der Waals surface area contributed by atoms with E-state index in [9.17, 15) is 19.5 Å². The molecule has 1 aromatic rings. The van der Waals surface area contributed by atoms with Crippen LogP contribution in [-0.4, -0.2) is 42.1 Å². The number of fused-ring (bicyclic) bond motifs is 5. The largest absolute Gasteiger partial charge is 0.472 e. The van der Waals surface area contributed by atoms with E-state index in [4.69, 9.17) is 13.9 Å². The maximum absolute atomic E-state index is 13.4. The van der Waals surface area contributed by atoms with Gasteiger partial charge < -0.3 is 19.0 Å². The van der Waals surface area contributed by atoms with Crippen molar-refractivity contribution in [3.8, 4) is 0 Å². The Hall–Kier alpha value is -2.15. The van der Waals surface area contributed by atoms with E-state index in [1.165, 1.54) is 13.8 Å². The third kappa shape index (κ3) is 3.15. The molecule has 0 amide bonds. The first-order chi connectivity index (χ1) is 14.6. The number of aryl methyl sites for hydroxylation is 1. The summed E-state index contributed by atoms with van der Waals surface area (Å²) in [4.78, 5) is 36.9. The highest BCUT2D eigenvalue weighted by atomic mass is 16.6. The smallest absolute Gasteiger partial charge is 0.303 e. The van der Waals surface area contributed by atoms with Crippen LogP contribution in [0.15, 0.2) is 16.9 Å². The second-order valence-electron chi connectivity index (χ2n) is 10.2. The molecule has 0 aliphatic heterocycles. The molecule has 7 heteroatoms. The molecule has 3 aliphatic rings. The lowest BCUT2D eigenvalue weighted by Crippen LogP contribution is -2.66. The quantitative estimate of drug-likeness (QED) is 0.730. The summed E-state index contributed by atoms with van der Waals surface area (Å²) < 4.78 is 16.5. The number of ether oxygens (including phenoxy) is 2. The van der Waals surface area contributed by atoms with Gasteiger partial charge in [-0.2, -0.15) is 0 Å². The van der Waals surface area contributed by atoms with Crippen LogP contribution in [0.4, 0.5) is 0 Å². The molecule has 6 unspecified atom stereocenters. The van der Waals surface area contributed by atoms with Crippen LogP contribution in [0.5, 0.6) is 0 Å². The standard InChI is InChI=1S/C24H32O7/c1-14(26)30-13-23(4)19-7-8-24(12-25)17-11-29-10-16(17)5-6-20(24)22(19,3)9-18(28)21(23)31-15(2)27/h10-11,19-21,25H,5-9,12-13H2,1-4H3. The summed E-state index contributed by atoms with van der Waals surface area (Å²) in [6.07, 6.45) is 5.98. The summed E-state index contributed by atoms with van der Waals surface area (Å²) >= 11 is 0. The zero-order valence-corrected chi connectivity index (χ0v) is 18.7. The van der Waals surface area contributed by atoms with Gasteiger partial charge >= 0.3 is 11.9 Å². The lowest BCUT2D eigenvalue weighted by Gasteiger charge is -2.64. The number of hydrogen-bond acceptors (Lipinski definition) is 7. The summed E-state index contributed by atoms with van der Waals surface area (Å²) in [5.74, 6) is -1.04. The zero-order valence-electron chi connectivity index (χ0n) is 18.7. The predicted molar refractivity (Wildman–Crippen MR) is 110 cm³/mol. The summed E-state index contributed by atoms with van der Waals surface area (Å²) in [7, 11) is 0. The Bertz CT molecular complexity index is 903. The molecule has 170 valence electrons. The van der Waals surface area contributed by atoms with Crippen molar-refractivity contribution in [2.24, 2.45) is 22.7 Å². The van der Waals surface area contributed by atoms with Gasteiger partial charge in [-0.1, -0.05) is 13.8 Å². The van der Waals surface area contributed by atoms with Crippen molar-refractivity contribution in [2.45, 2.75) is 71.3 Å². The minimum Gasteiger partial charge on any atom is -0.472 e. The number of carbonyl (C=O) groups is 3. The third-order valence-corrected chi connectivity index (χ3v) is 8.51. The number of esters is 2. The summed E-state index contributed by atoms with van der Waals surface area (Å²) in [6.45, 7) is 6.68. The zero-order chi connectivity index (χ0) is 22.6. The first-order valence-corrected chi connectivity index (χ1v) is 11.1. The number of hydrogen-bond donors (Lipinski definition) is 1. The molecule has 1 N–H and O–H groups in total. The van der Waals surface area contributed by atoms with Gasteiger partial charge in [-0.3, -0.25) is 14.4 Å². The van der Waals surface area contributed by atoms with E-state index >= 15 is 0 Å². The van der Waals surface area contributed by atoms with Gasteiger partial charge in [0.05, 0.1) is 19.1 Å². The van der Waals surface area contributed by atoms with E-state index in [2.05, 4.69) is 6.92 Å². The van der Waals surface area contributed by atoms with E-state index < -0.39 is 34.3 Å². The van der Waals surface area contributed by atoms with Crippen LogP contribution in [-0.2, 0) is 35.7 Å². The lowest BCUT2D eigenvalue weighted by atomic mass is 9.39. The molecule has 2 saturated carbocycles.